The van der Waals surface area contributed by atoms with Crippen LogP contribution in [0, 0.1) is 6.92 Å². The van der Waals surface area contributed by atoms with Crippen LogP contribution >= 0.6 is 0 Å². The molecule has 0 radical (unpaired) electrons. The van der Waals surface area contributed by atoms with Gasteiger partial charge in [0, 0.05) is 61.9 Å². The minimum Gasteiger partial charge on any atom is -0.458 e. The second-order valence-corrected chi connectivity index (χ2v) is 25.8. The van der Waals surface area contributed by atoms with E-state index in [1.54, 1.807) is 0 Å². The van der Waals surface area contributed by atoms with E-state index < -0.39 is 0 Å². The van der Waals surface area contributed by atoms with Gasteiger partial charge in [-0.2, -0.15) is 0 Å². The van der Waals surface area contributed by atoms with Crippen molar-refractivity contribution >= 4 is 97.4 Å². The van der Waals surface area contributed by atoms with Crippen molar-refractivity contribution in [2.45, 2.75) is 6.92 Å². The zero-order chi connectivity index (χ0) is 64.1. The van der Waals surface area contributed by atoms with Gasteiger partial charge in [-0.25, -0.2) is 0 Å². The summed E-state index contributed by atoms with van der Waals surface area (Å²) in [4.78, 5) is 7.95. The van der Waals surface area contributed by atoms with E-state index in [0.717, 1.165) is 146 Å². The van der Waals surface area contributed by atoms with E-state index in [2.05, 4.69) is 373 Å². The molecular weight excluding hydrogens is 1170 g/mol. The van der Waals surface area contributed by atoms with Crippen LogP contribution in [0.15, 0.2) is 352 Å². The molecule has 6 heteroatoms. The number of anilines is 9. The van der Waals surface area contributed by atoms with Gasteiger partial charge < -0.3 is 19.4 Å². The van der Waals surface area contributed by atoms with Gasteiger partial charge >= 0.3 is 0 Å². The molecule has 452 valence electrons. The quantitative estimate of drug-likeness (QED) is 0.127. The summed E-state index contributed by atoms with van der Waals surface area (Å²) < 4.78 is 7.39. The Balaban J connectivity index is 1.01. The van der Waals surface area contributed by atoms with Crippen molar-refractivity contribution in [3.63, 3.8) is 0 Å². The van der Waals surface area contributed by atoms with Crippen LogP contribution in [0.1, 0.15) is 5.56 Å². The Morgan fingerprint density at radius 2 is 0.557 bits per heavy atom. The van der Waals surface area contributed by atoms with Crippen molar-refractivity contribution in [3.8, 4) is 89.4 Å². The number of nitrogens with zero attached hydrogens (tertiary/aromatic N) is 3. The highest BCUT2D eigenvalue weighted by Crippen LogP contribution is 2.56. The van der Waals surface area contributed by atoms with Gasteiger partial charge in [-0.3, -0.25) is 0 Å². The van der Waals surface area contributed by atoms with Gasteiger partial charge in [-0.15, -0.1) is 0 Å². The first-order valence-electron chi connectivity index (χ1n) is 33.6. The van der Waals surface area contributed by atoms with Crippen LogP contribution in [0.5, 0.6) is 11.5 Å². The standard InChI is InChI=1S/C91H61B2N3O/c1-60-30-27-45-70(63-35-13-4-14-36-63)89(60)94-79-52-25-23-50-75(79)92-77-58-78-81(59-80(77)95(83-55-68(54-82(94)87(83)92)61-31-9-2-10-32-61)90-71(64-37-15-5-16-38-64)46-28-47-72(90)65-39-17-6-18-40-65)96(91-73(66-41-19-7-20-42-66)48-29-49-74(91)67-43-21-8-22-44-67)84-56-69(62-33-11-3-12-34-62)57-86-88(84)93(78)76-51-24-26-53-85(76)97-86/h2-59H,1H3. The summed E-state index contributed by atoms with van der Waals surface area (Å²) >= 11 is 0. The molecule has 0 saturated heterocycles. The van der Waals surface area contributed by atoms with Crippen molar-refractivity contribution < 1.29 is 4.74 Å². The second kappa shape index (κ2) is 23.0. The number of fused-ring (bicyclic) bond motifs is 8. The Bertz CT molecular complexity index is 5460. The summed E-state index contributed by atoms with van der Waals surface area (Å²) in [5, 5.41) is 0. The van der Waals surface area contributed by atoms with Crippen LogP contribution < -0.4 is 52.2 Å². The van der Waals surface area contributed by atoms with Crippen LogP contribution in [0.3, 0.4) is 0 Å². The number of benzene rings is 15. The highest BCUT2D eigenvalue weighted by atomic mass is 16.5. The number of ether oxygens (including phenoxy) is 1. The predicted molar refractivity (Wildman–Crippen MR) is 409 cm³/mol. The molecule has 97 heavy (non-hydrogen) atoms. The Labute approximate surface area is 567 Å². The largest absolute Gasteiger partial charge is 0.458 e. The second-order valence-electron chi connectivity index (χ2n) is 25.8. The van der Waals surface area contributed by atoms with E-state index in [0.29, 0.717) is 0 Å². The van der Waals surface area contributed by atoms with Crippen LogP contribution in [0.25, 0.3) is 77.9 Å². The molecule has 0 saturated carbocycles. The molecule has 0 bridgehead atoms. The van der Waals surface area contributed by atoms with Crippen LogP contribution in [-0.2, 0) is 0 Å². The molecule has 0 amide bonds. The summed E-state index contributed by atoms with van der Waals surface area (Å²) in [7, 11) is 0. The Morgan fingerprint density at radius 1 is 0.216 bits per heavy atom. The van der Waals surface area contributed by atoms with E-state index in [1.807, 2.05) is 0 Å². The minimum absolute atomic E-state index is 0.234. The van der Waals surface area contributed by atoms with Crippen molar-refractivity contribution in [2.24, 2.45) is 0 Å². The molecule has 4 nitrogen and oxygen atoms in total. The number of aryl methyl sites for hydroxylation is 1. The third-order valence-corrected chi connectivity index (χ3v) is 20.4. The molecule has 0 aliphatic carbocycles. The van der Waals surface area contributed by atoms with Gasteiger partial charge in [0.25, 0.3) is 13.4 Å². The van der Waals surface area contributed by atoms with E-state index in [1.165, 1.54) is 33.0 Å². The van der Waals surface area contributed by atoms with Gasteiger partial charge in [-0.05, 0) is 138 Å². The van der Waals surface area contributed by atoms with Crippen LogP contribution in [0.4, 0.5) is 51.2 Å². The minimum atomic E-state index is -0.242. The molecule has 0 N–H and O–H groups in total. The van der Waals surface area contributed by atoms with E-state index in [9.17, 15) is 0 Å². The maximum atomic E-state index is 7.39. The molecule has 4 aliphatic heterocycles. The maximum absolute atomic E-state index is 7.39. The first-order valence-corrected chi connectivity index (χ1v) is 33.6. The molecule has 15 aromatic rings. The Hall–Kier alpha value is -12.4. The lowest BCUT2D eigenvalue weighted by atomic mass is 9.30. The predicted octanol–water partition coefficient (Wildman–Crippen LogP) is 20.2. The molecule has 0 fully saturated rings. The zero-order valence-electron chi connectivity index (χ0n) is 53.4. The molecule has 19 rings (SSSR count). The fourth-order valence-corrected chi connectivity index (χ4v) is 16.2. The lowest BCUT2D eigenvalue weighted by molar-refractivity contribution is 0.488. The first-order chi connectivity index (χ1) is 48.1. The average molecular weight is 1230 g/mol. The lowest BCUT2D eigenvalue weighted by Gasteiger charge is -2.47. The van der Waals surface area contributed by atoms with E-state index in [-0.39, 0.29) is 13.4 Å². The first kappa shape index (κ1) is 56.2. The van der Waals surface area contributed by atoms with Gasteiger partial charge in [0.15, 0.2) is 0 Å². The summed E-state index contributed by atoms with van der Waals surface area (Å²) in [6.07, 6.45) is 0. The third kappa shape index (κ3) is 9.09. The topological polar surface area (TPSA) is 19.0 Å². The number of rotatable bonds is 10. The van der Waals surface area contributed by atoms with Crippen molar-refractivity contribution in [2.75, 3.05) is 14.7 Å². The van der Waals surface area contributed by atoms with Crippen LogP contribution in [0.2, 0.25) is 0 Å². The highest BCUT2D eigenvalue weighted by Gasteiger charge is 2.49. The fraction of sp³-hybridized carbons (Fsp3) is 0.0110. The summed E-state index contributed by atoms with van der Waals surface area (Å²) in [6, 6.07) is 130. The number of hydrogen-bond donors (Lipinski definition) is 0. The van der Waals surface area contributed by atoms with Gasteiger partial charge in [0.05, 0.1) is 17.1 Å². The monoisotopic (exact) mass is 1230 g/mol. The Morgan fingerprint density at radius 3 is 1.01 bits per heavy atom. The molecule has 0 aromatic heterocycles. The zero-order valence-corrected chi connectivity index (χ0v) is 53.4. The molecular formula is C91H61B2N3O. The number of hydrogen-bond acceptors (Lipinski definition) is 4. The third-order valence-electron chi connectivity index (χ3n) is 20.4. The molecule has 0 unspecified atom stereocenters. The summed E-state index contributed by atoms with van der Waals surface area (Å²) in [5.41, 5.74) is 34.1. The normalized spacial score (nSPS) is 12.8. The molecule has 0 atom stereocenters. The molecule has 0 spiro atoms. The van der Waals surface area contributed by atoms with E-state index in [4.69, 9.17) is 4.74 Å². The highest BCUT2D eigenvalue weighted by molar-refractivity contribution is 7.02. The lowest BCUT2D eigenvalue weighted by Crippen LogP contribution is -2.64. The van der Waals surface area contributed by atoms with E-state index >= 15 is 0 Å². The fourth-order valence-electron chi connectivity index (χ4n) is 16.2. The summed E-state index contributed by atoms with van der Waals surface area (Å²) in [5.74, 6) is 1.71. The van der Waals surface area contributed by atoms with Crippen molar-refractivity contribution in [1.82, 2.24) is 0 Å². The average Bonchev–Trinajstić information content (AvgIpc) is 0.684. The number of para-hydroxylation sites is 5. The SMILES string of the molecule is Cc1cccc(-c2ccccc2)c1N1c2ccccc2B2c3cc4c(cc3N(c3c(-c5ccccc5)cccc3-c3ccccc3)c3cc(-c5ccccc5)cc1c32)N(c1c(-c2ccccc2)cccc1-c1ccccc1)c1cc(-c2ccccc2)cc2c1B4c1ccccc1O2. The summed E-state index contributed by atoms with van der Waals surface area (Å²) in [6.45, 7) is 1.81. The van der Waals surface area contributed by atoms with Gasteiger partial charge in [-0.1, -0.05) is 309 Å². The Kier molecular flexibility index (Phi) is 13.3. The molecule has 4 aliphatic rings. The molecule has 15 aromatic carbocycles. The van der Waals surface area contributed by atoms with Crippen molar-refractivity contribution in [1.29, 1.82) is 0 Å². The smallest absolute Gasteiger partial charge is 0.256 e. The van der Waals surface area contributed by atoms with Crippen molar-refractivity contribution in [3.05, 3.63) is 357 Å². The van der Waals surface area contributed by atoms with Gasteiger partial charge in [0.1, 0.15) is 11.5 Å². The molecule has 4 heterocycles. The van der Waals surface area contributed by atoms with Crippen LogP contribution in [-0.4, -0.2) is 13.4 Å². The maximum Gasteiger partial charge on any atom is 0.256 e. The van der Waals surface area contributed by atoms with Gasteiger partial charge in [0.2, 0.25) is 0 Å².